The van der Waals surface area contributed by atoms with Gasteiger partial charge in [0.15, 0.2) is 0 Å². The zero-order chi connectivity index (χ0) is 11.6. The number of hydrogen-bond donors (Lipinski definition) is 1. The minimum atomic E-state index is 0.363. The summed E-state index contributed by atoms with van der Waals surface area (Å²) in [5.74, 6) is 0. The van der Waals surface area contributed by atoms with Crippen LogP contribution in [0.2, 0.25) is 0 Å². The molecule has 16 heavy (non-hydrogen) atoms. The van der Waals surface area contributed by atoms with Crippen molar-refractivity contribution >= 4 is 0 Å². The van der Waals surface area contributed by atoms with Gasteiger partial charge in [0.1, 0.15) is 0 Å². The van der Waals surface area contributed by atoms with E-state index in [0.29, 0.717) is 6.10 Å². The van der Waals surface area contributed by atoms with Crippen LogP contribution in [0.1, 0.15) is 39.5 Å². The maximum atomic E-state index is 5.62. The molecular formula is C13H28N2O. The van der Waals surface area contributed by atoms with Gasteiger partial charge in [0.25, 0.3) is 0 Å². The second kappa shape index (κ2) is 8.97. The molecule has 1 aliphatic rings. The summed E-state index contributed by atoms with van der Waals surface area (Å²) in [6.07, 6.45) is 5.65. The molecule has 0 aromatic heterocycles. The normalized spacial score (nSPS) is 21.2. The second-order valence-electron chi connectivity index (χ2n) is 4.93. The van der Waals surface area contributed by atoms with Crippen LogP contribution in [-0.2, 0) is 4.74 Å². The van der Waals surface area contributed by atoms with Crippen LogP contribution in [0.3, 0.4) is 0 Å². The van der Waals surface area contributed by atoms with Crippen molar-refractivity contribution in [3.8, 4) is 0 Å². The van der Waals surface area contributed by atoms with Crippen LogP contribution in [0, 0.1) is 0 Å². The van der Waals surface area contributed by atoms with Gasteiger partial charge >= 0.3 is 0 Å². The van der Waals surface area contributed by atoms with E-state index < -0.39 is 0 Å². The van der Waals surface area contributed by atoms with Crippen LogP contribution >= 0.6 is 0 Å². The number of ether oxygens (including phenoxy) is 1. The second-order valence-corrected chi connectivity index (χ2v) is 4.93. The predicted molar refractivity (Wildman–Crippen MR) is 68.9 cm³/mol. The number of nitrogens with one attached hydrogen (secondary N) is 1. The van der Waals surface area contributed by atoms with Gasteiger partial charge in [0.2, 0.25) is 0 Å². The molecule has 1 N–H and O–H groups in total. The van der Waals surface area contributed by atoms with E-state index in [1.807, 2.05) is 0 Å². The fraction of sp³-hybridized carbons (Fsp3) is 1.00. The zero-order valence-corrected chi connectivity index (χ0v) is 11.0. The molecule has 1 saturated heterocycles. The van der Waals surface area contributed by atoms with E-state index in [4.69, 9.17) is 4.74 Å². The summed E-state index contributed by atoms with van der Waals surface area (Å²) in [5.41, 5.74) is 0. The van der Waals surface area contributed by atoms with E-state index in [1.165, 1.54) is 51.9 Å². The Kier molecular flexibility index (Phi) is 7.81. The van der Waals surface area contributed by atoms with Crippen molar-refractivity contribution in [2.45, 2.75) is 45.6 Å². The minimum absolute atomic E-state index is 0.363. The Balaban J connectivity index is 2.14. The molecule has 1 rings (SSSR count). The molecule has 1 heterocycles. The smallest absolute Gasteiger partial charge is 0.0596 e. The third-order valence-corrected chi connectivity index (χ3v) is 3.01. The lowest BCUT2D eigenvalue weighted by molar-refractivity contribution is 0.0581. The minimum Gasteiger partial charge on any atom is -0.377 e. The van der Waals surface area contributed by atoms with Crippen LogP contribution in [0.15, 0.2) is 0 Å². The summed E-state index contributed by atoms with van der Waals surface area (Å²) in [6, 6.07) is 0. The van der Waals surface area contributed by atoms with Crippen molar-refractivity contribution in [1.29, 1.82) is 0 Å². The molecule has 0 radical (unpaired) electrons. The molecule has 0 saturated carbocycles. The van der Waals surface area contributed by atoms with E-state index in [-0.39, 0.29) is 0 Å². The van der Waals surface area contributed by atoms with Crippen molar-refractivity contribution < 1.29 is 4.74 Å². The molecule has 0 amide bonds. The van der Waals surface area contributed by atoms with Gasteiger partial charge < -0.3 is 15.0 Å². The zero-order valence-electron chi connectivity index (χ0n) is 11.0. The fourth-order valence-corrected chi connectivity index (χ4v) is 2.07. The third-order valence-electron chi connectivity index (χ3n) is 3.01. The highest BCUT2D eigenvalue weighted by molar-refractivity contribution is 4.62. The highest BCUT2D eigenvalue weighted by Crippen LogP contribution is 2.02. The van der Waals surface area contributed by atoms with E-state index in [0.717, 1.165) is 13.2 Å². The average molecular weight is 228 g/mol. The van der Waals surface area contributed by atoms with Crippen molar-refractivity contribution in [2.24, 2.45) is 0 Å². The highest BCUT2D eigenvalue weighted by Gasteiger charge is 2.06. The topological polar surface area (TPSA) is 24.5 Å². The molecule has 1 aliphatic heterocycles. The lowest BCUT2D eigenvalue weighted by atomic mass is 10.2. The Morgan fingerprint density at radius 2 is 1.81 bits per heavy atom. The number of nitrogens with zero attached hydrogens (tertiary/aromatic N) is 1. The molecule has 0 unspecified atom stereocenters. The van der Waals surface area contributed by atoms with Gasteiger partial charge in [-0.15, -0.1) is 0 Å². The van der Waals surface area contributed by atoms with Crippen molar-refractivity contribution in [2.75, 3.05) is 39.3 Å². The van der Waals surface area contributed by atoms with E-state index >= 15 is 0 Å². The first-order valence-electron chi connectivity index (χ1n) is 6.83. The predicted octanol–water partition coefficient (Wildman–Crippen LogP) is 1.88. The first-order chi connectivity index (χ1) is 7.79. The SMILES string of the molecule is CC(C)OCCN1CCCCCNCCC1. The van der Waals surface area contributed by atoms with Crippen molar-refractivity contribution in [3.63, 3.8) is 0 Å². The molecule has 0 aromatic rings. The standard InChI is InChI=1S/C13H28N2O/c1-13(2)16-12-11-15-9-5-3-4-7-14-8-6-10-15/h13-14H,3-12H2,1-2H3. The summed E-state index contributed by atoms with van der Waals surface area (Å²) in [7, 11) is 0. The summed E-state index contributed by atoms with van der Waals surface area (Å²) < 4.78 is 5.62. The van der Waals surface area contributed by atoms with Gasteiger partial charge in [-0.3, -0.25) is 0 Å². The summed E-state index contributed by atoms with van der Waals surface area (Å²) >= 11 is 0. The lowest BCUT2D eigenvalue weighted by Crippen LogP contribution is -2.33. The molecule has 0 aromatic carbocycles. The van der Waals surface area contributed by atoms with Crippen LogP contribution in [0.4, 0.5) is 0 Å². The van der Waals surface area contributed by atoms with Crippen LogP contribution < -0.4 is 5.32 Å². The number of rotatable bonds is 4. The lowest BCUT2D eigenvalue weighted by Gasteiger charge is -2.24. The Hall–Kier alpha value is -0.120. The maximum Gasteiger partial charge on any atom is 0.0596 e. The van der Waals surface area contributed by atoms with Gasteiger partial charge in [0, 0.05) is 6.54 Å². The first-order valence-corrected chi connectivity index (χ1v) is 6.83. The summed E-state index contributed by atoms with van der Waals surface area (Å²) in [4.78, 5) is 2.55. The monoisotopic (exact) mass is 228 g/mol. The Morgan fingerprint density at radius 1 is 1.06 bits per heavy atom. The molecule has 3 heteroatoms. The molecule has 96 valence electrons. The van der Waals surface area contributed by atoms with Crippen molar-refractivity contribution in [3.05, 3.63) is 0 Å². The van der Waals surface area contributed by atoms with Gasteiger partial charge in [-0.1, -0.05) is 6.42 Å². The Morgan fingerprint density at radius 3 is 2.62 bits per heavy atom. The summed E-state index contributed by atoms with van der Waals surface area (Å²) in [6.45, 7) is 11.0. The Labute approximate surface area is 101 Å². The third kappa shape index (κ3) is 7.20. The van der Waals surface area contributed by atoms with Crippen LogP contribution in [0.5, 0.6) is 0 Å². The van der Waals surface area contributed by atoms with Gasteiger partial charge in [-0.25, -0.2) is 0 Å². The Bertz CT molecular complexity index is 152. The van der Waals surface area contributed by atoms with Gasteiger partial charge in [0.05, 0.1) is 12.7 Å². The first kappa shape index (κ1) is 13.9. The quantitative estimate of drug-likeness (QED) is 0.795. The van der Waals surface area contributed by atoms with E-state index in [1.54, 1.807) is 0 Å². The number of hydrogen-bond acceptors (Lipinski definition) is 3. The largest absolute Gasteiger partial charge is 0.377 e. The molecule has 0 aliphatic carbocycles. The molecular weight excluding hydrogens is 200 g/mol. The highest BCUT2D eigenvalue weighted by atomic mass is 16.5. The fourth-order valence-electron chi connectivity index (χ4n) is 2.07. The van der Waals surface area contributed by atoms with Gasteiger partial charge in [-0.05, 0) is 59.3 Å². The van der Waals surface area contributed by atoms with Gasteiger partial charge in [-0.2, -0.15) is 0 Å². The molecule has 3 nitrogen and oxygen atoms in total. The van der Waals surface area contributed by atoms with E-state index in [2.05, 4.69) is 24.1 Å². The van der Waals surface area contributed by atoms with E-state index in [9.17, 15) is 0 Å². The molecule has 1 fully saturated rings. The average Bonchev–Trinajstić information content (AvgIpc) is 2.26. The van der Waals surface area contributed by atoms with Crippen LogP contribution in [-0.4, -0.2) is 50.3 Å². The summed E-state index contributed by atoms with van der Waals surface area (Å²) in [5, 5.41) is 3.49. The maximum absolute atomic E-state index is 5.62. The van der Waals surface area contributed by atoms with Crippen molar-refractivity contribution in [1.82, 2.24) is 10.2 Å². The molecule has 0 atom stereocenters. The molecule has 0 bridgehead atoms. The molecule has 0 spiro atoms. The van der Waals surface area contributed by atoms with Crippen LogP contribution in [0.25, 0.3) is 0 Å².